The molecule has 1 aromatic heterocycles. The van der Waals surface area contributed by atoms with Crippen LogP contribution < -0.4 is 5.73 Å². The first-order chi connectivity index (χ1) is 7.31. The Morgan fingerprint density at radius 2 is 2.00 bits per heavy atom. The van der Waals surface area contributed by atoms with Gasteiger partial charge in [0.1, 0.15) is 0 Å². The molecule has 0 aliphatic heterocycles. The van der Waals surface area contributed by atoms with Crippen molar-refractivity contribution < 1.29 is 0 Å². The molecule has 0 fully saturated rings. The lowest BCUT2D eigenvalue weighted by molar-refractivity contribution is 1.18. The molecule has 0 unspecified atom stereocenters. The van der Waals surface area contributed by atoms with Crippen molar-refractivity contribution in [2.75, 3.05) is 11.6 Å². The summed E-state index contributed by atoms with van der Waals surface area (Å²) in [7, 11) is 0. The highest BCUT2D eigenvalue weighted by atomic mass is 35.5. The number of nitrogens with zero attached hydrogens (tertiary/aromatic N) is 1. The van der Waals surface area contributed by atoms with E-state index in [0.29, 0.717) is 11.0 Å². The molecule has 0 amide bonds. The van der Waals surface area contributed by atoms with Crippen LogP contribution in [0.3, 0.4) is 0 Å². The maximum absolute atomic E-state index is 5.74. The Labute approximate surface area is 97.7 Å². The summed E-state index contributed by atoms with van der Waals surface area (Å²) in [6.45, 7) is 0. The molecule has 2 N–H and O–H groups in total. The molecular formula is C11H11ClN2S. The van der Waals surface area contributed by atoms with Crippen LogP contribution in [0.5, 0.6) is 0 Å². The molecule has 0 saturated carbocycles. The second kappa shape index (κ2) is 4.64. The van der Waals surface area contributed by atoms with E-state index in [-0.39, 0.29) is 0 Å². The first-order valence-corrected chi connectivity index (χ1v) is 6.03. The number of nitrogen functional groups attached to an aromatic ring is 1. The molecule has 0 atom stereocenters. The maximum Gasteiger partial charge on any atom is 0.180 e. The van der Waals surface area contributed by atoms with Crippen molar-refractivity contribution in [3.05, 3.63) is 35.2 Å². The van der Waals surface area contributed by atoms with E-state index < -0.39 is 0 Å². The van der Waals surface area contributed by atoms with Gasteiger partial charge in [0.25, 0.3) is 0 Å². The number of aryl methyl sites for hydroxylation is 1. The van der Waals surface area contributed by atoms with E-state index in [4.69, 9.17) is 17.3 Å². The summed E-state index contributed by atoms with van der Waals surface area (Å²) in [5, 5.41) is 0.606. The molecule has 2 nitrogen and oxygen atoms in total. The zero-order valence-corrected chi connectivity index (χ0v) is 9.68. The van der Waals surface area contributed by atoms with E-state index in [2.05, 4.69) is 4.98 Å². The Morgan fingerprint density at radius 1 is 1.27 bits per heavy atom. The molecule has 0 spiro atoms. The predicted octanol–water partition coefficient (Wildman–Crippen LogP) is 3.17. The van der Waals surface area contributed by atoms with Gasteiger partial charge in [0.2, 0.25) is 0 Å². The smallest absolute Gasteiger partial charge is 0.180 e. The lowest BCUT2D eigenvalue weighted by Crippen LogP contribution is -1.87. The highest BCUT2D eigenvalue weighted by molar-refractivity contribution is 7.15. The second-order valence-electron chi connectivity index (χ2n) is 3.13. The van der Waals surface area contributed by atoms with E-state index in [1.54, 1.807) is 0 Å². The first-order valence-electron chi connectivity index (χ1n) is 4.68. The van der Waals surface area contributed by atoms with Gasteiger partial charge in [-0.05, 0) is 6.42 Å². The summed E-state index contributed by atoms with van der Waals surface area (Å²) in [6.07, 6.45) is 0.820. The molecular weight excluding hydrogens is 228 g/mol. The van der Waals surface area contributed by atoms with Crippen LogP contribution in [0.15, 0.2) is 30.3 Å². The fraction of sp³-hybridized carbons (Fsp3) is 0.182. The summed E-state index contributed by atoms with van der Waals surface area (Å²) in [4.78, 5) is 5.50. The standard InChI is InChI=1S/C11H11ClN2S/c12-7-6-9-10(14-11(13)15-9)8-4-2-1-3-5-8/h1-5H,6-7H2,(H2,13,14). The Morgan fingerprint density at radius 3 is 2.67 bits per heavy atom. The molecule has 78 valence electrons. The average Bonchev–Trinajstić information content (AvgIpc) is 2.62. The highest BCUT2D eigenvalue weighted by Gasteiger charge is 2.10. The third kappa shape index (κ3) is 2.30. The van der Waals surface area contributed by atoms with Crippen LogP contribution in [0.25, 0.3) is 11.3 Å². The van der Waals surface area contributed by atoms with Crippen LogP contribution in [0.2, 0.25) is 0 Å². The number of benzene rings is 1. The molecule has 2 aromatic rings. The summed E-state index contributed by atoms with van der Waals surface area (Å²) in [5.74, 6) is 0.599. The number of thiazole rings is 1. The number of hydrogen-bond donors (Lipinski definition) is 1. The molecule has 0 aliphatic rings. The van der Waals surface area contributed by atoms with Gasteiger partial charge in [0, 0.05) is 16.3 Å². The maximum atomic E-state index is 5.74. The van der Waals surface area contributed by atoms with E-state index in [1.807, 2.05) is 30.3 Å². The largest absolute Gasteiger partial charge is 0.375 e. The van der Waals surface area contributed by atoms with Crippen LogP contribution in [-0.2, 0) is 6.42 Å². The topological polar surface area (TPSA) is 38.9 Å². The molecule has 2 rings (SSSR count). The van der Waals surface area contributed by atoms with Gasteiger partial charge in [-0.25, -0.2) is 4.98 Å². The van der Waals surface area contributed by atoms with Crippen LogP contribution in [0, 0.1) is 0 Å². The normalized spacial score (nSPS) is 10.5. The van der Waals surface area contributed by atoms with Crippen molar-refractivity contribution in [1.82, 2.24) is 4.98 Å². The van der Waals surface area contributed by atoms with Gasteiger partial charge in [-0.2, -0.15) is 0 Å². The van der Waals surface area contributed by atoms with Crippen LogP contribution in [-0.4, -0.2) is 10.9 Å². The number of halogens is 1. The fourth-order valence-corrected chi connectivity index (χ4v) is 2.60. The molecule has 0 bridgehead atoms. The summed E-state index contributed by atoms with van der Waals surface area (Å²) >= 11 is 7.26. The number of nitrogens with two attached hydrogens (primary N) is 1. The van der Waals surface area contributed by atoms with Crippen molar-refractivity contribution >= 4 is 28.1 Å². The van der Waals surface area contributed by atoms with Gasteiger partial charge < -0.3 is 5.73 Å². The number of anilines is 1. The number of alkyl halides is 1. The van der Waals surface area contributed by atoms with E-state index >= 15 is 0 Å². The Balaban J connectivity index is 2.43. The van der Waals surface area contributed by atoms with Gasteiger partial charge in [0.15, 0.2) is 5.13 Å². The van der Waals surface area contributed by atoms with Crippen molar-refractivity contribution in [2.45, 2.75) is 6.42 Å². The third-order valence-electron chi connectivity index (χ3n) is 2.08. The molecule has 15 heavy (non-hydrogen) atoms. The number of hydrogen-bond acceptors (Lipinski definition) is 3. The predicted molar refractivity (Wildman–Crippen MR) is 66.4 cm³/mol. The van der Waals surface area contributed by atoms with E-state index in [0.717, 1.165) is 22.6 Å². The Hall–Kier alpha value is -1.06. The monoisotopic (exact) mass is 238 g/mol. The SMILES string of the molecule is Nc1nc(-c2ccccc2)c(CCCl)s1. The molecule has 0 radical (unpaired) electrons. The summed E-state index contributed by atoms with van der Waals surface area (Å²) in [6, 6.07) is 10.0. The van der Waals surface area contributed by atoms with Crippen LogP contribution in [0.1, 0.15) is 4.88 Å². The third-order valence-corrected chi connectivity index (χ3v) is 3.22. The Kier molecular flexibility index (Phi) is 3.23. The minimum absolute atomic E-state index is 0.599. The second-order valence-corrected chi connectivity index (χ2v) is 4.62. The zero-order valence-electron chi connectivity index (χ0n) is 8.11. The highest BCUT2D eigenvalue weighted by Crippen LogP contribution is 2.29. The lowest BCUT2D eigenvalue weighted by atomic mass is 10.1. The van der Waals surface area contributed by atoms with E-state index in [9.17, 15) is 0 Å². The molecule has 1 aromatic carbocycles. The average molecular weight is 239 g/mol. The summed E-state index contributed by atoms with van der Waals surface area (Å²) in [5.41, 5.74) is 7.78. The molecule has 1 heterocycles. The van der Waals surface area contributed by atoms with Gasteiger partial charge in [-0.3, -0.25) is 0 Å². The fourth-order valence-electron chi connectivity index (χ4n) is 1.45. The van der Waals surface area contributed by atoms with Crippen LogP contribution >= 0.6 is 22.9 Å². The van der Waals surface area contributed by atoms with Crippen molar-refractivity contribution in [1.29, 1.82) is 0 Å². The van der Waals surface area contributed by atoms with Crippen molar-refractivity contribution in [3.8, 4) is 11.3 Å². The van der Waals surface area contributed by atoms with Gasteiger partial charge >= 0.3 is 0 Å². The van der Waals surface area contributed by atoms with Crippen molar-refractivity contribution in [3.63, 3.8) is 0 Å². The zero-order chi connectivity index (χ0) is 10.7. The van der Waals surface area contributed by atoms with Crippen molar-refractivity contribution in [2.24, 2.45) is 0 Å². The first kappa shape index (κ1) is 10.5. The van der Waals surface area contributed by atoms with Crippen LogP contribution in [0.4, 0.5) is 5.13 Å². The van der Waals surface area contributed by atoms with Gasteiger partial charge in [-0.1, -0.05) is 30.3 Å². The molecule has 4 heteroatoms. The lowest BCUT2D eigenvalue weighted by Gasteiger charge is -1.99. The minimum Gasteiger partial charge on any atom is -0.375 e. The Bertz CT molecular complexity index is 439. The minimum atomic E-state index is 0.599. The summed E-state index contributed by atoms with van der Waals surface area (Å²) < 4.78 is 0. The molecule has 0 aliphatic carbocycles. The molecule has 0 saturated heterocycles. The van der Waals surface area contributed by atoms with Gasteiger partial charge in [0.05, 0.1) is 5.69 Å². The number of aromatic nitrogens is 1. The quantitative estimate of drug-likeness (QED) is 0.835. The van der Waals surface area contributed by atoms with E-state index in [1.165, 1.54) is 11.3 Å². The number of rotatable bonds is 3. The van der Waals surface area contributed by atoms with Gasteiger partial charge in [-0.15, -0.1) is 22.9 Å².